The van der Waals surface area contributed by atoms with Crippen LogP contribution in [-0.4, -0.2) is 28.6 Å². The Morgan fingerprint density at radius 3 is 2.52 bits per heavy atom. The van der Waals surface area contributed by atoms with Crippen molar-refractivity contribution in [2.75, 3.05) is 6.61 Å². The number of benzene rings is 2. The standard InChI is InChI=1S/C20H21ClFNO2/c1-2-18(14-24)23(13-16-5-3-4-6-19(16)22)20(25)12-9-15-7-10-17(21)11-8-15/h3-12,18,24H,2,13-14H2,1H3/b12-9+/t18-/m1/s1. The van der Waals surface area contributed by atoms with Crippen LogP contribution < -0.4 is 0 Å². The van der Waals surface area contributed by atoms with E-state index in [4.69, 9.17) is 11.6 Å². The minimum atomic E-state index is -0.373. The van der Waals surface area contributed by atoms with Gasteiger partial charge in [0.2, 0.25) is 5.91 Å². The number of nitrogens with zero attached hydrogens (tertiary/aromatic N) is 1. The molecule has 3 nitrogen and oxygen atoms in total. The normalized spacial score (nSPS) is 12.3. The van der Waals surface area contributed by atoms with Gasteiger partial charge in [-0.25, -0.2) is 4.39 Å². The molecule has 25 heavy (non-hydrogen) atoms. The first-order chi connectivity index (χ1) is 12.0. The summed E-state index contributed by atoms with van der Waals surface area (Å²) in [4.78, 5) is 14.1. The first kappa shape index (κ1) is 19.2. The fraction of sp³-hybridized carbons (Fsp3) is 0.250. The van der Waals surface area contributed by atoms with Gasteiger partial charge in [-0.2, -0.15) is 0 Å². The number of carbonyl (C=O) groups is 1. The zero-order valence-electron chi connectivity index (χ0n) is 14.0. The van der Waals surface area contributed by atoms with Crippen LogP contribution in [0.5, 0.6) is 0 Å². The number of aliphatic hydroxyl groups is 1. The van der Waals surface area contributed by atoms with Crippen LogP contribution in [0.3, 0.4) is 0 Å². The van der Waals surface area contributed by atoms with Gasteiger partial charge in [0, 0.05) is 23.2 Å². The molecule has 1 atom stereocenters. The second-order valence-corrected chi connectivity index (χ2v) is 6.12. The van der Waals surface area contributed by atoms with E-state index < -0.39 is 0 Å². The molecule has 1 N–H and O–H groups in total. The lowest BCUT2D eigenvalue weighted by Gasteiger charge is -2.29. The number of amides is 1. The summed E-state index contributed by atoms with van der Waals surface area (Å²) in [5.74, 6) is -0.645. The lowest BCUT2D eigenvalue weighted by atomic mass is 10.1. The highest BCUT2D eigenvalue weighted by molar-refractivity contribution is 6.30. The van der Waals surface area contributed by atoms with Gasteiger partial charge in [0.05, 0.1) is 12.6 Å². The summed E-state index contributed by atoms with van der Waals surface area (Å²) in [5, 5.41) is 10.2. The smallest absolute Gasteiger partial charge is 0.247 e. The Morgan fingerprint density at radius 2 is 1.92 bits per heavy atom. The van der Waals surface area contributed by atoms with Crippen molar-refractivity contribution < 1.29 is 14.3 Å². The van der Waals surface area contributed by atoms with Crippen LogP contribution in [0.1, 0.15) is 24.5 Å². The number of rotatable bonds is 7. The van der Waals surface area contributed by atoms with Gasteiger partial charge in [-0.15, -0.1) is 0 Å². The lowest BCUT2D eigenvalue weighted by molar-refractivity contribution is -0.130. The number of hydrogen-bond acceptors (Lipinski definition) is 2. The van der Waals surface area contributed by atoms with Crippen molar-refractivity contribution in [2.24, 2.45) is 0 Å². The van der Waals surface area contributed by atoms with Crippen LogP contribution >= 0.6 is 11.6 Å². The fourth-order valence-corrected chi connectivity index (χ4v) is 2.61. The van der Waals surface area contributed by atoms with Gasteiger partial charge in [0.25, 0.3) is 0 Å². The molecule has 0 fully saturated rings. The van der Waals surface area contributed by atoms with Crippen LogP contribution in [0.2, 0.25) is 5.02 Å². The van der Waals surface area contributed by atoms with Gasteiger partial charge in [0.1, 0.15) is 5.82 Å². The summed E-state index contributed by atoms with van der Waals surface area (Å²) < 4.78 is 13.9. The molecule has 5 heteroatoms. The highest BCUT2D eigenvalue weighted by atomic mass is 35.5. The summed E-state index contributed by atoms with van der Waals surface area (Å²) >= 11 is 5.85. The van der Waals surface area contributed by atoms with Gasteiger partial charge in [0.15, 0.2) is 0 Å². The molecule has 0 radical (unpaired) electrons. The quantitative estimate of drug-likeness (QED) is 0.747. The Labute approximate surface area is 152 Å². The summed E-state index contributed by atoms with van der Waals surface area (Å²) in [7, 11) is 0. The van der Waals surface area contributed by atoms with Crippen molar-refractivity contribution in [1.29, 1.82) is 0 Å². The zero-order valence-corrected chi connectivity index (χ0v) is 14.8. The maximum Gasteiger partial charge on any atom is 0.247 e. The third-order valence-corrected chi connectivity index (χ3v) is 4.24. The summed E-state index contributed by atoms with van der Waals surface area (Å²) in [5.41, 5.74) is 1.25. The Morgan fingerprint density at radius 1 is 1.24 bits per heavy atom. The largest absolute Gasteiger partial charge is 0.394 e. The first-order valence-corrected chi connectivity index (χ1v) is 8.51. The molecule has 0 heterocycles. The van der Waals surface area contributed by atoms with E-state index in [9.17, 15) is 14.3 Å². The second-order valence-electron chi connectivity index (χ2n) is 5.69. The second kappa shape index (κ2) is 9.35. The van der Waals surface area contributed by atoms with E-state index in [0.29, 0.717) is 17.0 Å². The monoisotopic (exact) mass is 361 g/mol. The van der Waals surface area contributed by atoms with E-state index in [2.05, 4.69) is 0 Å². The van der Waals surface area contributed by atoms with Gasteiger partial charge < -0.3 is 10.0 Å². The van der Waals surface area contributed by atoms with Crippen molar-refractivity contribution in [3.05, 3.63) is 76.6 Å². The molecule has 2 aromatic rings. The molecule has 0 unspecified atom stereocenters. The molecule has 0 aliphatic rings. The van der Waals surface area contributed by atoms with Crippen molar-refractivity contribution in [3.63, 3.8) is 0 Å². The SMILES string of the molecule is CC[C@H](CO)N(Cc1ccccc1F)C(=O)/C=C/c1ccc(Cl)cc1. The molecule has 2 rings (SSSR count). The van der Waals surface area contributed by atoms with Crippen LogP contribution in [-0.2, 0) is 11.3 Å². The van der Waals surface area contributed by atoms with Crippen molar-refractivity contribution in [3.8, 4) is 0 Å². The van der Waals surface area contributed by atoms with E-state index in [1.54, 1.807) is 48.5 Å². The van der Waals surface area contributed by atoms with Crippen molar-refractivity contribution in [1.82, 2.24) is 4.90 Å². The third-order valence-electron chi connectivity index (χ3n) is 3.99. The van der Waals surface area contributed by atoms with Gasteiger partial charge in [-0.1, -0.05) is 48.9 Å². The number of aliphatic hydroxyl groups excluding tert-OH is 1. The minimum Gasteiger partial charge on any atom is -0.394 e. The Balaban J connectivity index is 2.20. The summed E-state index contributed by atoms with van der Waals surface area (Å²) in [6.07, 6.45) is 3.69. The van der Waals surface area contributed by atoms with Crippen LogP contribution in [0, 0.1) is 5.82 Å². The highest BCUT2D eigenvalue weighted by Gasteiger charge is 2.21. The van der Waals surface area contributed by atoms with Crippen molar-refractivity contribution >= 4 is 23.6 Å². The summed E-state index contributed by atoms with van der Waals surface area (Å²) in [6, 6.07) is 13.1. The molecule has 0 spiro atoms. The van der Waals surface area contributed by atoms with E-state index in [1.165, 1.54) is 17.0 Å². The fourth-order valence-electron chi connectivity index (χ4n) is 2.48. The van der Waals surface area contributed by atoms with Crippen LogP contribution in [0.25, 0.3) is 6.08 Å². The highest BCUT2D eigenvalue weighted by Crippen LogP contribution is 2.16. The Hall–Kier alpha value is -2.17. The zero-order chi connectivity index (χ0) is 18.2. The molecule has 132 valence electrons. The van der Waals surface area contributed by atoms with E-state index in [-0.39, 0.29) is 30.9 Å². The molecule has 0 aliphatic carbocycles. The summed E-state index contributed by atoms with van der Waals surface area (Å²) in [6.45, 7) is 1.81. The van der Waals surface area contributed by atoms with Crippen LogP contribution in [0.4, 0.5) is 4.39 Å². The number of carbonyl (C=O) groups excluding carboxylic acids is 1. The molecule has 0 saturated heterocycles. The maximum absolute atomic E-state index is 13.9. The number of halogens is 2. The van der Waals surface area contributed by atoms with Crippen LogP contribution in [0.15, 0.2) is 54.6 Å². The lowest BCUT2D eigenvalue weighted by Crippen LogP contribution is -2.41. The predicted molar refractivity (Wildman–Crippen MR) is 98.6 cm³/mol. The van der Waals surface area contributed by atoms with Gasteiger partial charge >= 0.3 is 0 Å². The van der Waals surface area contributed by atoms with E-state index >= 15 is 0 Å². The molecular weight excluding hydrogens is 341 g/mol. The minimum absolute atomic E-state index is 0.107. The Kier molecular flexibility index (Phi) is 7.16. The van der Waals surface area contributed by atoms with Gasteiger partial charge in [-0.3, -0.25) is 4.79 Å². The van der Waals surface area contributed by atoms with E-state index in [1.807, 2.05) is 6.92 Å². The average Bonchev–Trinajstić information content (AvgIpc) is 2.62. The molecule has 0 saturated carbocycles. The predicted octanol–water partition coefficient (Wildman–Crippen LogP) is 4.29. The Bertz CT molecular complexity index is 727. The molecule has 1 amide bonds. The third kappa shape index (κ3) is 5.41. The molecule has 0 aromatic heterocycles. The molecule has 0 bridgehead atoms. The molecule has 0 aliphatic heterocycles. The van der Waals surface area contributed by atoms with E-state index in [0.717, 1.165) is 5.56 Å². The first-order valence-electron chi connectivity index (χ1n) is 8.13. The maximum atomic E-state index is 13.9. The molecule has 2 aromatic carbocycles. The molecular formula is C20H21ClFNO2. The average molecular weight is 362 g/mol. The van der Waals surface area contributed by atoms with Gasteiger partial charge in [-0.05, 0) is 36.3 Å². The van der Waals surface area contributed by atoms with Crippen molar-refractivity contribution in [2.45, 2.75) is 25.9 Å². The number of hydrogen-bond donors (Lipinski definition) is 1. The topological polar surface area (TPSA) is 40.5 Å².